The molecule has 0 aliphatic rings. The Balaban J connectivity index is 2.30. The molecule has 0 saturated heterocycles. The minimum absolute atomic E-state index is 0.0493. The van der Waals surface area contributed by atoms with Crippen LogP contribution in [0, 0.1) is 6.92 Å². The molecular formula is C11H8O5. The van der Waals surface area contributed by atoms with Crippen molar-refractivity contribution in [3.05, 3.63) is 47.3 Å². The average Bonchev–Trinajstić information content (AvgIpc) is 2.84. The molecule has 0 bridgehead atoms. The highest BCUT2D eigenvalue weighted by Gasteiger charge is 2.18. The highest BCUT2D eigenvalue weighted by molar-refractivity contribution is 6.05. The third kappa shape index (κ3) is 1.75. The van der Waals surface area contributed by atoms with Crippen molar-refractivity contribution in [2.45, 2.75) is 6.92 Å². The average molecular weight is 220 g/mol. The minimum atomic E-state index is -1.21. The van der Waals surface area contributed by atoms with Crippen molar-refractivity contribution in [1.82, 2.24) is 0 Å². The Labute approximate surface area is 90.3 Å². The second kappa shape index (κ2) is 3.69. The number of carbonyl (C=O) groups is 2. The van der Waals surface area contributed by atoms with Gasteiger partial charge in [0, 0.05) is 0 Å². The van der Waals surface area contributed by atoms with Crippen LogP contribution in [0.5, 0.6) is 0 Å². The van der Waals surface area contributed by atoms with Gasteiger partial charge in [-0.3, -0.25) is 4.79 Å². The van der Waals surface area contributed by atoms with Crippen LogP contribution in [0.15, 0.2) is 33.1 Å². The van der Waals surface area contributed by atoms with Gasteiger partial charge in [0.1, 0.15) is 5.76 Å². The first-order valence-electron chi connectivity index (χ1n) is 4.52. The summed E-state index contributed by atoms with van der Waals surface area (Å²) < 4.78 is 9.97. The fraction of sp³-hybridized carbons (Fsp3) is 0.0909. The summed E-state index contributed by atoms with van der Waals surface area (Å²) in [6.07, 6.45) is 0. The molecule has 0 atom stereocenters. The van der Waals surface area contributed by atoms with E-state index in [9.17, 15) is 9.59 Å². The minimum Gasteiger partial charge on any atom is -0.475 e. The molecule has 0 radical (unpaired) electrons. The lowest BCUT2D eigenvalue weighted by Gasteiger charge is -1.91. The Bertz CT molecular complexity index is 546. The molecular weight excluding hydrogens is 212 g/mol. The molecule has 0 spiro atoms. The highest BCUT2D eigenvalue weighted by Crippen LogP contribution is 2.15. The second-order valence-electron chi connectivity index (χ2n) is 3.21. The van der Waals surface area contributed by atoms with Gasteiger partial charge in [-0.2, -0.15) is 0 Å². The maximum atomic E-state index is 11.7. The van der Waals surface area contributed by atoms with Gasteiger partial charge >= 0.3 is 5.97 Å². The van der Waals surface area contributed by atoms with Crippen molar-refractivity contribution in [1.29, 1.82) is 0 Å². The van der Waals surface area contributed by atoms with Crippen molar-refractivity contribution in [2.75, 3.05) is 0 Å². The summed E-state index contributed by atoms with van der Waals surface area (Å²) >= 11 is 0. The maximum Gasteiger partial charge on any atom is 0.371 e. The molecule has 2 aromatic rings. The number of ketones is 1. The fourth-order valence-corrected chi connectivity index (χ4v) is 1.25. The normalized spacial score (nSPS) is 10.3. The highest BCUT2D eigenvalue weighted by atomic mass is 16.4. The zero-order valence-corrected chi connectivity index (χ0v) is 8.39. The number of rotatable bonds is 3. The van der Waals surface area contributed by atoms with Crippen LogP contribution in [0.3, 0.4) is 0 Å². The molecule has 0 aliphatic carbocycles. The van der Waals surface area contributed by atoms with Crippen LogP contribution >= 0.6 is 0 Å². The lowest BCUT2D eigenvalue weighted by molar-refractivity contribution is 0.0660. The number of hydrogen-bond donors (Lipinski definition) is 1. The summed E-state index contributed by atoms with van der Waals surface area (Å²) in [4.78, 5) is 22.3. The molecule has 2 aromatic heterocycles. The molecule has 5 heteroatoms. The third-order valence-corrected chi connectivity index (χ3v) is 2.00. The molecule has 2 rings (SSSR count). The zero-order chi connectivity index (χ0) is 11.7. The molecule has 16 heavy (non-hydrogen) atoms. The SMILES string of the molecule is Cc1ccc(C(=O)c2ccc(C(=O)O)o2)o1. The molecule has 2 heterocycles. The molecule has 5 nitrogen and oxygen atoms in total. The van der Waals surface area contributed by atoms with Gasteiger partial charge in [0.05, 0.1) is 0 Å². The van der Waals surface area contributed by atoms with Gasteiger partial charge in [-0.1, -0.05) is 0 Å². The summed E-state index contributed by atoms with van der Waals surface area (Å²) in [6.45, 7) is 1.71. The van der Waals surface area contributed by atoms with Crippen LogP contribution in [0.4, 0.5) is 0 Å². The molecule has 82 valence electrons. The van der Waals surface area contributed by atoms with Gasteiger partial charge in [-0.05, 0) is 31.2 Å². The molecule has 0 fully saturated rings. The number of furan rings is 2. The van der Waals surface area contributed by atoms with E-state index in [1.54, 1.807) is 13.0 Å². The number of aromatic carboxylic acids is 1. The summed E-state index contributed by atoms with van der Waals surface area (Å²) in [5.41, 5.74) is 0. The first-order chi connectivity index (χ1) is 7.58. The van der Waals surface area contributed by atoms with E-state index in [0.717, 1.165) is 0 Å². The van der Waals surface area contributed by atoms with Crippen molar-refractivity contribution in [3.8, 4) is 0 Å². The van der Waals surface area contributed by atoms with Gasteiger partial charge in [0.2, 0.25) is 5.76 Å². The Kier molecular flexibility index (Phi) is 2.36. The van der Waals surface area contributed by atoms with Gasteiger partial charge in [0.15, 0.2) is 11.5 Å². The quantitative estimate of drug-likeness (QED) is 0.801. The molecule has 0 amide bonds. The Morgan fingerprint density at radius 1 is 1.00 bits per heavy atom. The fourth-order valence-electron chi connectivity index (χ4n) is 1.25. The molecule has 0 saturated carbocycles. The van der Waals surface area contributed by atoms with Crippen molar-refractivity contribution in [2.24, 2.45) is 0 Å². The monoisotopic (exact) mass is 220 g/mol. The Hall–Kier alpha value is -2.30. The first kappa shape index (κ1) is 10.2. The van der Waals surface area contributed by atoms with Gasteiger partial charge in [-0.25, -0.2) is 4.79 Å². The largest absolute Gasteiger partial charge is 0.475 e. The third-order valence-electron chi connectivity index (χ3n) is 2.00. The van der Waals surface area contributed by atoms with E-state index in [-0.39, 0.29) is 17.3 Å². The standard InChI is InChI=1S/C11H8O5/c1-6-2-3-7(15-6)10(12)8-4-5-9(16-8)11(13)14/h2-5H,1H3,(H,13,14). The smallest absolute Gasteiger partial charge is 0.371 e. The number of carboxylic acids is 1. The predicted octanol–water partition coefficient (Wildman–Crippen LogP) is 2.11. The van der Waals surface area contributed by atoms with E-state index >= 15 is 0 Å². The molecule has 0 aromatic carbocycles. The lowest BCUT2D eigenvalue weighted by atomic mass is 10.2. The van der Waals surface area contributed by atoms with E-state index in [2.05, 4.69) is 0 Å². The Morgan fingerprint density at radius 3 is 2.06 bits per heavy atom. The van der Waals surface area contributed by atoms with Crippen molar-refractivity contribution < 1.29 is 23.5 Å². The second-order valence-corrected chi connectivity index (χ2v) is 3.21. The predicted molar refractivity (Wildman–Crippen MR) is 52.5 cm³/mol. The van der Waals surface area contributed by atoms with Crippen molar-refractivity contribution in [3.63, 3.8) is 0 Å². The summed E-state index contributed by atoms with van der Waals surface area (Å²) in [6, 6.07) is 5.70. The van der Waals surface area contributed by atoms with E-state index in [0.29, 0.717) is 5.76 Å². The van der Waals surface area contributed by atoms with Crippen LogP contribution in [-0.4, -0.2) is 16.9 Å². The van der Waals surface area contributed by atoms with Crippen LogP contribution < -0.4 is 0 Å². The van der Waals surface area contributed by atoms with Crippen LogP contribution in [0.25, 0.3) is 0 Å². The first-order valence-corrected chi connectivity index (χ1v) is 4.52. The van der Waals surface area contributed by atoms with Gasteiger partial charge in [-0.15, -0.1) is 0 Å². The van der Waals surface area contributed by atoms with E-state index in [4.69, 9.17) is 13.9 Å². The van der Waals surface area contributed by atoms with Crippen LogP contribution in [0.1, 0.15) is 32.6 Å². The number of hydrogen-bond acceptors (Lipinski definition) is 4. The molecule has 1 N–H and O–H groups in total. The van der Waals surface area contributed by atoms with Crippen molar-refractivity contribution >= 4 is 11.8 Å². The molecule has 0 aliphatic heterocycles. The van der Waals surface area contributed by atoms with E-state index < -0.39 is 11.8 Å². The maximum absolute atomic E-state index is 11.7. The van der Waals surface area contributed by atoms with Crippen LogP contribution in [0.2, 0.25) is 0 Å². The molecule has 0 unspecified atom stereocenters. The zero-order valence-electron chi connectivity index (χ0n) is 8.39. The lowest BCUT2D eigenvalue weighted by Crippen LogP contribution is -1.98. The summed E-state index contributed by atoms with van der Waals surface area (Å²) in [7, 11) is 0. The number of aryl methyl sites for hydroxylation is 1. The van der Waals surface area contributed by atoms with Gasteiger partial charge < -0.3 is 13.9 Å². The Morgan fingerprint density at radius 2 is 1.56 bits per heavy atom. The topological polar surface area (TPSA) is 80.7 Å². The summed E-state index contributed by atoms with van der Waals surface area (Å²) in [5.74, 6) is -1.27. The van der Waals surface area contributed by atoms with Crippen LogP contribution in [-0.2, 0) is 0 Å². The number of carbonyl (C=O) groups excluding carboxylic acids is 1. The number of carboxylic acid groups (broad SMARTS) is 1. The van der Waals surface area contributed by atoms with Gasteiger partial charge in [0.25, 0.3) is 5.78 Å². The van der Waals surface area contributed by atoms with E-state index in [1.807, 2.05) is 0 Å². The summed E-state index contributed by atoms with van der Waals surface area (Å²) in [5, 5.41) is 8.63. The van der Waals surface area contributed by atoms with E-state index in [1.165, 1.54) is 18.2 Å².